The minimum atomic E-state index is -2.61. The first kappa shape index (κ1) is 20.7. The van der Waals surface area contributed by atoms with Crippen LogP contribution in [0.1, 0.15) is 27.7 Å². The molecule has 5 nitrogen and oxygen atoms in total. The highest BCUT2D eigenvalue weighted by Crippen LogP contribution is 2.47. The molecule has 0 radical (unpaired) electrons. The van der Waals surface area contributed by atoms with Gasteiger partial charge in [-0.25, -0.2) is 9.98 Å². The van der Waals surface area contributed by atoms with Crippen LogP contribution in [0.25, 0.3) is 11.1 Å². The summed E-state index contributed by atoms with van der Waals surface area (Å²) in [5.74, 6) is 1.99. The van der Waals surface area contributed by atoms with Crippen LogP contribution in [-0.4, -0.2) is 17.6 Å². The summed E-state index contributed by atoms with van der Waals surface area (Å²) in [6.45, 7) is 9.55. The van der Waals surface area contributed by atoms with Crippen LogP contribution in [0.15, 0.2) is 64.3 Å². The first-order valence-corrected chi connectivity index (χ1v) is 10.5. The molecule has 25 heavy (non-hydrogen) atoms. The molecule has 3 aromatic rings. The van der Waals surface area contributed by atoms with Gasteiger partial charge in [-0.3, -0.25) is 4.57 Å². The molecule has 0 bridgehead atoms. The summed E-state index contributed by atoms with van der Waals surface area (Å²) in [4.78, 5) is 7.98. The highest BCUT2D eigenvalue weighted by molar-refractivity contribution is 7.73. The first-order valence-electron chi connectivity index (χ1n) is 8.33. The SMILES string of the molecule is CC.CC.CP1(=O)C=Nc2ccccc2O1.c1ccc2ocnc2c1. The third-order valence-corrected chi connectivity index (χ3v) is 3.88. The van der Waals surface area contributed by atoms with Gasteiger partial charge in [0.25, 0.3) is 7.37 Å². The molecule has 1 unspecified atom stereocenters. The molecule has 4 rings (SSSR count). The average Bonchev–Trinajstić information content (AvgIpc) is 3.13. The second-order valence-electron chi connectivity index (χ2n) is 4.53. The van der Waals surface area contributed by atoms with Gasteiger partial charge in [-0.1, -0.05) is 52.0 Å². The second kappa shape index (κ2) is 10.5. The number of para-hydroxylation sites is 4. The molecule has 6 heteroatoms. The Labute approximate surface area is 149 Å². The maximum Gasteiger partial charge on any atom is 0.285 e. The van der Waals surface area contributed by atoms with Gasteiger partial charge in [0.15, 0.2) is 17.7 Å². The van der Waals surface area contributed by atoms with E-state index in [0.29, 0.717) is 5.75 Å². The summed E-state index contributed by atoms with van der Waals surface area (Å²) < 4.78 is 21.7. The van der Waals surface area contributed by atoms with Gasteiger partial charge in [-0.2, -0.15) is 0 Å². The second-order valence-corrected chi connectivity index (χ2v) is 6.76. The molecule has 1 atom stereocenters. The molecule has 134 valence electrons. The van der Waals surface area contributed by atoms with Gasteiger partial charge in [0.05, 0.1) is 0 Å². The lowest BCUT2D eigenvalue weighted by atomic mass is 10.3. The van der Waals surface area contributed by atoms with Crippen LogP contribution in [0.4, 0.5) is 5.69 Å². The van der Waals surface area contributed by atoms with Crippen LogP contribution in [0.3, 0.4) is 0 Å². The van der Waals surface area contributed by atoms with Gasteiger partial charge in [0, 0.05) is 6.66 Å². The van der Waals surface area contributed by atoms with Gasteiger partial charge >= 0.3 is 0 Å². The van der Waals surface area contributed by atoms with Gasteiger partial charge in [0.2, 0.25) is 0 Å². The molecule has 0 amide bonds. The van der Waals surface area contributed by atoms with Crippen molar-refractivity contribution in [2.45, 2.75) is 27.7 Å². The van der Waals surface area contributed by atoms with E-state index in [1.807, 2.05) is 70.2 Å². The molecule has 0 fully saturated rings. The molecule has 2 heterocycles. The number of benzene rings is 2. The highest BCUT2D eigenvalue weighted by atomic mass is 31.2. The number of aromatic nitrogens is 1. The number of aliphatic imine (C=N–C) groups is 1. The standard InChI is InChI=1S/C8H8NO2P.C7H5NO.2C2H6/c1-12(10)6-9-7-4-2-3-5-8(7)11-12;1-2-4-7-6(3-1)8-5-9-7;2*1-2/h2-6H,1H3;1-5H;2*1-2H3. The predicted molar refractivity (Wildman–Crippen MR) is 105 cm³/mol. The molecule has 2 aromatic carbocycles. The number of nitrogens with zero attached hydrogens (tertiary/aromatic N) is 2. The van der Waals surface area contributed by atoms with Crippen LogP contribution in [0, 0.1) is 0 Å². The Kier molecular flexibility index (Phi) is 8.65. The maximum absolute atomic E-state index is 11.4. The number of hydrogen-bond acceptors (Lipinski definition) is 5. The van der Waals surface area contributed by atoms with Crippen LogP contribution in [0.2, 0.25) is 0 Å². The first-order chi connectivity index (χ1) is 12.1. The smallest absolute Gasteiger partial charge is 0.285 e. The molecule has 0 spiro atoms. The summed E-state index contributed by atoms with van der Waals surface area (Å²) in [6, 6.07) is 15.0. The minimum absolute atomic E-state index is 0.603. The van der Waals surface area contributed by atoms with Crippen molar-refractivity contribution in [1.29, 1.82) is 0 Å². The normalized spacial score (nSPS) is 16.7. The van der Waals surface area contributed by atoms with Crippen molar-refractivity contribution in [3.8, 4) is 5.75 Å². The van der Waals surface area contributed by atoms with Crippen molar-refractivity contribution in [2.24, 2.45) is 4.99 Å². The Bertz CT molecular complexity index is 813. The number of hydrogen-bond donors (Lipinski definition) is 0. The molecule has 0 saturated heterocycles. The maximum atomic E-state index is 11.4. The van der Waals surface area contributed by atoms with E-state index in [0.717, 1.165) is 16.8 Å². The van der Waals surface area contributed by atoms with Gasteiger partial charge < -0.3 is 8.94 Å². The molecule has 0 N–H and O–H groups in total. The minimum Gasteiger partial charge on any atom is -0.443 e. The third-order valence-electron chi connectivity index (χ3n) is 2.79. The van der Waals surface area contributed by atoms with Gasteiger partial charge in [-0.05, 0) is 24.3 Å². The zero-order chi connectivity index (χ0) is 18.7. The Morgan fingerprint density at radius 3 is 2.28 bits per heavy atom. The predicted octanol–water partition coefficient (Wildman–Crippen LogP) is 6.53. The van der Waals surface area contributed by atoms with Gasteiger partial charge in [0.1, 0.15) is 17.2 Å². The summed E-state index contributed by atoms with van der Waals surface area (Å²) in [7, 11) is -2.61. The van der Waals surface area contributed by atoms with Crippen LogP contribution >= 0.6 is 7.37 Å². The van der Waals surface area contributed by atoms with E-state index in [1.165, 1.54) is 12.3 Å². The molecular formula is C19H25N2O3P. The Hall–Kier alpha value is -2.39. The largest absolute Gasteiger partial charge is 0.443 e. The molecule has 1 aliphatic heterocycles. The summed E-state index contributed by atoms with van der Waals surface area (Å²) in [5, 5.41) is 0. The average molecular weight is 360 g/mol. The van der Waals surface area contributed by atoms with Gasteiger partial charge in [-0.15, -0.1) is 0 Å². The van der Waals surface area contributed by atoms with Crippen molar-refractivity contribution < 1.29 is 13.5 Å². The fourth-order valence-corrected chi connectivity index (χ4v) is 2.76. The molecule has 1 aromatic heterocycles. The van der Waals surface area contributed by atoms with Crippen LogP contribution in [0.5, 0.6) is 5.75 Å². The van der Waals surface area contributed by atoms with Crippen LogP contribution in [-0.2, 0) is 4.57 Å². The topological polar surface area (TPSA) is 64.7 Å². The summed E-state index contributed by atoms with van der Waals surface area (Å²) in [5.41, 5.74) is 2.50. The van der Waals surface area contributed by atoms with E-state index in [-0.39, 0.29) is 0 Å². The lowest BCUT2D eigenvalue weighted by Gasteiger charge is -2.16. The zero-order valence-electron chi connectivity index (χ0n) is 15.3. The monoisotopic (exact) mass is 360 g/mol. The fraction of sp³-hybridized carbons (Fsp3) is 0.263. The Morgan fingerprint density at radius 2 is 1.56 bits per heavy atom. The summed E-state index contributed by atoms with van der Waals surface area (Å²) in [6.07, 6.45) is 1.45. The summed E-state index contributed by atoms with van der Waals surface area (Å²) >= 11 is 0. The lowest BCUT2D eigenvalue weighted by molar-refractivity contribution is 0.500. The zero-order valence-corrected chi connectivity index (χ0v) is 16.2. The Balaban J connectivity index is 0.000000214. The van der Waals surface area contributed by atoms with Crippen molar-refractivity contribution in [1.82, 2.24) is 4.98 Å². The highest BCUT2D eigenvalue weighted by Gasteiger charge is 2.20. The third kappa shape index (κ3) is 6.20. The van der Waals surface area contributed by atoms with E-state index < -0.39 is 7.37 Å². The molecular weight excluding hydrogens is 335 g/mol. The fourth-order valence-electron chi connectivity index (χ4n) is 1.83. The van der Waals surface area contributed by atoms with Crippen molar-refractivity contribution in [3.05, 3.63) is 54.9 Å². The van der Waals surface area contributed by atoms with E-state index in [1.54, 1.807) is 12.7 Å². The lowest BCUT2D eigenvalue weighted by Crippen LogP contribution is -1.96. The van der Waals surface area contributed by atoms with Crippen LogP contribution < -0.4 is 4.52 Å². The van der Waals surface area contributed by atoms with Crippen molar-refractivity contribution in [3.63, 3.8) is 0 Å². The molecule has 1 aliphatic rings. The Morgan fingerprint density at radius 1 is 0.920 bits per heavy atom. The van der Waals surface area contributed by atoms with Crippen molar-refractivity contribution in [2.75, 3.05) is 6.66 Å². The molecule has 0 saturated carbocycles. The number of rotatable bonds is 0. The number of fused-ring (bicyclic) bond motifs is 2. The van der Waals surface area contributed by atoms with E-state index in [9.17, 15) is 4.57 Å². The van der Waals surface area contributed by atoms with E-state index >= 15 is 0 Å². The molecule has 0 aliphatic carbocycles. The van der Waals surface area contributed by atoms with Crippen molar-refractivity contribution >= 4 is 30.1 Å². The quantitative estimate of drug-likeness (QED) is 0.428. The number of oxazole rings is 1. The van der Waals surface area contributed by atoms with E-state index in [4.69, 9.17) is 8.94 Å². The van der Waals surface area contributed by atoms with E-state index in [2.05, 4.69) is 9.98 Å².